The molecule has 1 saturated heterocycles. The van der Waals surface area contributed by atoms with E-state index in [2.05, 4.69) is 9.88 Å². The first kappa shape index (κ1) is 16.0. The average molecular weight is 293 g/mol. The van der Waals surface area contributed by atoms with Crippen LogP contribution in [0.15, 0.2) is 18.3 Å². The second-order valence-electron chi connectivity index (χ2n) is 5.87. The van der Waals surface area contributed by atoms with Crippen molar-refractivity contribution in [2.75, 3.05) is 33.4 Å². The predicted octanol–water partition coefficient (Wildman–Crippen LogP) is 1.91. The van der Waals surface area contributed by atoms with Gasteiger partial charge in [-0.3, -0.25) is 4.79 Å². The quantitative estimate of drug-likeness (QED) is 0.871. The average Bonchev–Trinajstić information content (AvgIpc) is 2.97. The number of rotatable bonds is 6. The van der Waals surface area contributed by atoms with Gasteiger partial charge in [-0.1, -0.05) is 0 Å². The van der Waals surface area contributed by atoms with Crippen molar-refractivity contribution >= 4 is 5.91 Å². The molecule has 5 nitrogen and oxygen atoms in total. The maximum Gasteiger partial charge on any atom is 0.270 e. The molecule has 0 saturated carbocycles. The highest BCUT2D eigenvalue weighted by Crippen LogP contribution is 2.22. The van der Waals surface area contributed by atoms with Crippen molar-refractivity contribution in [2.24, 2.45) is 0 Å². The van der Waals surface area contributed by atoms with Crippen molar-refractivity contribution in [3.8, 4) is 0 Å². The van der Waals surface area contributed by atoms with Gasteiger partial charge in [0, 0.05) is 31.9 Å². The Morgan fingerprint density at radius 1 is 1.48 bits per heavy atom. The van der Waals surface area contributed by atoms with Crippen LogP contribution in [0.3, 0.4) is 0 Å². The molecular formula is C16H27N3O2. The molecule has 21 heavy (non-hydrogen) atoms. The van der Waals surface area contributed by atoms with E-state index in [1.165, 1.54) is 0 Å². The van der Waals surface area contributed by atoms with Crippen LogP contribution in [0.2, 0.25) is 0 Å². The second kappa shape index (κ2) is 7.61. The summed E-state index contributed by atoms with van der Waals surface area (Å²) in [5, 5.41) is 3.37. The first-order chi connectivity index (χ1) is 10.1. The molecule has 0 unspecified atom stereocenters. The molecular weight excluding hydrogens is 266 g/mol. The number of hydrogen-bond donors (Lipinski definition) is 1. The summed E-state index contributed by atoms with van der Waals surface area (Å²) in [6.45, 7) is 7.33. The normalized spacial score (nSPS) is 16.4. The predicted molar refractivity (Wildman–Crippen MR) is 83.6 cm³/mol. The summed E-state index contributed by atoms with van der Waals surface area (Å²) in [6.07, 6.45) is 4.20. The van der Waals surface area contributed by atoms with Crippen molar-refractivity contribution < 1.29 is 9.53 Å². The van der Waals surface area contributed by atoms with Crippen LogP contribution in [0.5, 0.6) is 0 Å². The molecule has 1 aromatic heterocycles. The Labute approximate surface area is 127 Å². The number of carbonyl (C=O) groups excluding carboxylic acids is 1. The van der Waals surface area contributed by atoms with E-state index in [-0.39, 0.29) is 11.9 Å². The van der Waals surface area contributed by atoms with Gasteiger partial charge in [-0.25, -0.2) is 0 Å². The molecule has 0 atom stereocenters. The Hall–Kier alpha value is -1.33. The zero-order valence-electron chi connectivity index (χ0n) is 13.3. The summed E-state index contributed by atoms with van der Waals surface area (Å²) in [5.41, 5.74) is 0.798. The van der Waals surface area contributed by atoms with Crippen molar-refractivity contribution in [1.29, 1.82) is 0 Å². The first-order valence-corrected chi connectivity index (χ1v) is 7.82. The summed E-state index contributed by atoms with van der Waals surface area (Å²) in [4.78, 5) is 14.7. The van der Waals surface area contributed by atoms with Crippen LogP contribution >= 0.6 is 0 Å². The molecule has 0 aliphatic carbocycles. The number of aromatic nitrogens is 1. The van der Waals surface area contributed by atoms with Gasteiger partial charge in [0.05, 0.1) is 6.61 Å². The van der Waals surface area contributed by atoms with Gasteiger partial charge in [-0.15, -0.1) is 0 Å². The first-order valence-electron chi connectivity index (χ1n) is 7.82. The van der Waals surface area contributed by atoms with Gasteiger partial charge in [0.1, 0.15) is 5.69 Å². The number of methoxy groups -OCH3 is 1. The van der Waals surface area contributed by atoms with Gasteiger partial charge in [0.15, 0.2) is 0 Å². The van der Waals surface area contributed by atoms with Gasteiger partial charge in [-0.2, -0.15) is 0 Å². The van der Waals surface area contributed by atoms with E-state index >= 15 is 0 Å². The SMILES string of the molecule is COCCN(C(=O)c1cccn1C1CCNCC1)C(C)C. The highest BCUT2D eigenvalue weighted by Gasteiger charge is 2.24. The van der Waals surface area contributed by atoms with E-state index in [9.17, 15) is 4.79 Å². The summed E-state index contributed by atoms with van der Waals surface area (Å²) < 4.78 is 7.29. The molecule has 1 aromatic rings. The molecule has 1 N–H and O–H groups in total. The van der Waals surface area contributed by atoms with Crippen LogP contribution in [0.25, 0.3) is 0 Å². The third-order valence-electron chi connectivity index (χ3n) is 4.12. The van der Waals surface area contributed by atoms with Crippen molar-refractivity contribution in [3.05, 3.63) is 24.0 Å². The molecule has 1 amide bonds. The Morgan fingerprint density at radius 3 is 2.81 bits per heavy atom. The number of hydrogen-bond acceptors (Lipinski definition) is 3. The molecule has 1 aliphatic rings. The molecule has 0 radical (unpaired) electrons. The maximum absolute atomic E-state index is 12.9. The van der Waals surface area contributed by atoms with E-state index < -0.39 is 0 Å². The van der Waals surface area contributed by atoms with E-state index in [4.69, 9.17) is 4.74 Å². The van der Waals surface area contributed by atoms with E-state index in [1.807, 2.05) is 37.1 Å². The monoisotopic (exact) mass is 293 g/mol. The summed E-state index contributed by atoms with van der Waals surface area (Å²) in [6, 6.07) is 4.51. The fourth-order valence-electron chi connectivity index (χ4n) is 2.91. The number of amides is 1. The van der Waals surface area contributed by atoms with Crippen molar-refractivity contribution in [1.82, 2.24) is 14.8 Å². The van der Waals surface area contributed by atoms with Crippen LogP contribution in [0.4, 0.5) is 0 Å². The lowest BCUT2D eigenvalue weighted by Gasteiger charge is -2.30. The van der Waals surface area contributed by atoms with Crippen LogP contribution < -0.4 is 5.32 Å². The number of ether oxygens (including phenoxy) is 1. The van der Waals surface area contributed by atoms with Crippen molar-refractivity contribution in [2.45, 2.75) is 38.8 Å². The van der Waals surface area contributed by atoms with Gasteiger partial charge in [0.2, 0.25) is 0 Å². The van der Waals surface area contributed by atoms with Crippen molar-refractivity contribution in [3.63, 3.8) is 0 Å². The maximum atomic E-state index is 12.9. The topological polar surface area (TPSA) is 46.5 Å². The molecule has 5 heteroatoms. The fraction of sp³-hybridized carbons (Fsp3) is 0.688. The number of carbonyl (C=O) groups is 1. The molecule has 0 bridgehead atoms. The smallest absolute Gasteiger partial charge is 0.270 e. The van der Waals surface area contributed by atoms with Crippen LogP contribution in [0.1, 0.15) is 43.2 Å². The zero-order valence-corrected chi connectivity index (χ0v) is 13.3. The Bertz CT molecular complexity index is 450. The third-order valence-corrected chi connectivity index (χ3v) is 4.12. The summed E-state index contributed by atoms with van der Waals surface area (Å²) in [7, 11) is 1.67. The van der Waals surface area contributed by atoms with E-state index in [0.29, 0.717) is 19.2 Å². The minimum atomic E-state index is 0.102. The van der Waals surface area contributed by atoms with Gasteiger partial charge < -0.3 is 19.5 Å². The summed E-state index contributed by atoms with van der Waals surface area (Å²) >= 11 is 0. The molecule has 1 aliphatic heterocycles. The summed E-state index contributed by atoms with van der Waals surface area (Å²) in [5.74, 6) is 0.102. The lowest BCUT2D eigenvalue weighted by Crippen LogP contribution is -2.41. The minimum absolute atomic E-state index is 0.102. The Morgan fingerprint density at radius 2 is 2.19 bits per heavy atom. The van der Waals surface area contributed by atoms with Crippen LogP contribution in [-0.4, -0.2) is 54.8 Å². The van der Waals surface area contributed by atoms with E-state index in [1.54, 1.807) is 7.11 Å². The molecule has 2 rings (SSSR count). The highest BCUT2D eigenvalue weighted by molar-refractivity contribution is 5.93. The number of piperidine rings is 1. The number of nitrogens with zero attached hydrogens (tertiary/aromatic N) is 2. The number of nitrogens with one attached hydrogen (secondary N) is 1. The van der Waals surface area contributed by atoms with Crippen LogP contribution in [0, 0.1) is 0 Å². The van der Waals surface area contributed by atoms with Gasteiger partial charge in [0.25, 0.3) is 5.91 Å². The molecule has 2 heterocycles. The second-order valence-corrected chi connectivity index (χ2v) is 5.87. The zero-order chi connectivity index (χ0) is 15.2. The lowest BCUT2D eigenvalue weighted by molar-refractivity contribution is 0.0621. The Balaban J connectivity index is 2.15. The molecule has 0 aromatic carbocycles. The molecule has 0 spiro atoms. The third kappa shape index (κ3) is 3.86. The molecule has 1 fully saturated rings. The standard InChI is InChI=1S/C16H27N3O2/c1-13(2)18(11-12-21-3)16(20)15-5-4-10-19(15)14-6-8-17-9-7-14/h4-5,10,13-14,17H,6-9,11-12H2,1-3H3. The van der Waals surface area contributed by atoms with Crippen LogP contribution in [-0.2, 0) is 4.74 Å². The van der Waals surface area contributed by atoms with Gasteiger partial charge >= 0.3 is 0 Å². The molecule has 118 valence electrons. The van der Waals surface area contributed by atoms with E-state index in [0.717, 1.165) is 31.6 Å². The Kier molecular flexibility index (Phi) is 5.82. The minimum Gasteiger partial charge on any atom is -0.383 e. The lowest BCUT2D eigenvalue weighted by atomic mass is 10.1. The highest BCUT2D eigenvalue weighted by atomic mass is 16.5. The largest absolute Gasteiger partial charge is 0.383 e. The van der Waals surface area contributed by atoms with Gasteiger partial charge in [-0.05, 0) is 51.9 Å². The fourth-order valence-corrected chi connectivity index (χ4v) is 2.91.